The van der Waals surface area contributed by atoms with Crippen molar-refractivity contribution in [1.82, 2.24) is 5.32 Å². The highest BCUT2D eigenvalue weighted by Gasteiger charge is 2.25. The summed E-state index contributed by atoms with van der Waals surface area (Å²) in [5, 5.41) is 5.66. The Labute approximate surface area is 128 Å². The van der Waals surface area contributed by atoms with Crippen molar-refractivity contribution in [1.29, 1.82) is 0 Å². The van der Waals surface area contributed by atoms with E-state index in [0.29, 0.717) is 13.0 Å². The Hall–Kier alpha value is -2.82. The number of imide groups is 1. The molecule has 1 aliphatic rings. The molecule has 2 aromatic carbocycles. The van der Waals surface area contributed by atoms with Crippen LogP contribution in [0.4, 0.5) is 21.9 Å². The number of carbonyl (C=O) groups is 2. The third kappa shape index (κ3) is 2.93. The number of rotatable bonds is 3. The molecule has 0 aliphatic carbocycles. The molecular formula is C17H17N3O2. The third-order valence-corrected chi connectivity index (χ3v) is 3.62. The Morgan fingerprint density at radius 2 is 1.82 bits per heavy atom. The maximum atomic E-state index is 12.0. The first kappa shape index (κ1) is 14.1. The molecule has 0 aromatic heterocycles. The van der Waals surface area contributed by atoms with E-state index in [1.807, 2.05) is 55.5 Å². The Morgan fingerprint density at radius 3 is 2.55 bits per heavy atom. The maximum absolute atomic E-state index is 12.0. The predicted octanol–water partition coefficient (Wildman–Crippen LogP) is 3.18. The van der Waals surface area contributed by atoms with Gasteiger partial charge in [-0.1, -0.05) is 24.3 Å². The van der Waals surface area contributed by atoms with Crippen molar-refractivity contribution >= 4 is 29.0 Å². The molecule has 0 spiro atoms. The number of nitrogens with one attached hydrogen (secondary N) is 2. The van der Waals surface area contributed by atoms with Crippen LogP contribution in [0.5, 0.6) is 0 Å². The monoisotopic (exact) mass is 295 g/mol. The van der Waals surface area contributed by atoms with E-state index in [9.17, 15) is 9.59 Å². The van der Waals surface area contributed by atoms with Crippen LogP contribution in [-0.4, -0.2) is 18.5 Å². The van der Waals surface area contributed by atoms with Gasteiger partial charge in [0.05, 0.1) is 5.69 Å². The van der Waals surface area contributed by atoms with Crippen LogP contribution in [0.25, 0.3) is 0 Å². The van der Waals surface area contributed by atoms with Gasteiger partial charge in [-0.2, -0.15) is 0 Å². The lowest BCUT2D eigenvalue weighted by Crippen LogP contribution is -2.49. The van der Waals surface area contributed by atoms with Gasteiger partial charge in [0, 0.05) is 24.3 Å². The fourth-order valence-electron chi connectivity index (χ4n) is 2.46. The van der Waals surface area contributed by atoms with E-state index in [1.54, 1.807) is 4.90 Å². The molecule has 112 valence electrons. The fourth-order valence-corrected chi connectivity index (χ4v) is 2.46. The van der Waals surface area contributed by atoms with Crippen LogP contribution in [0.2, 0.25) is 0 Å². The van der Waals surface area contributed by atoms with Crippen molar-refractivity contribution in [2.75, 3.05) is 16.8 Å². The van der Waals surface area contributed by atoms with Gasteiger partial charge >= 0.3 is 6.03 Å². The smallest absolute Gasteiger partial charge is 0.328 e. The first-order valence-corrected chi connectivity index (χ1v) is 7.17. The molecular weight excluding hydrogens is 278 g/mol. The predicted molar refractivity (Wildman–Crippen MR) is 86.4 cm³/mol. The molecule has 0 saturated carbocycles. The SMILES string of the molecule is Cc1ccc(Nc2ccccc2)cc1N1CCC(=O)NC1=O. The van der Waals surface area contributed by atoms with Gasteiger partial charge in [-0.15, -0.1) is 0 Å². The number of anilines is 3. The molecule has 0 bridgehead atoms. The minimum atomic E-state index is -0.365. The summed E-state index contributed by atoms with van der Waals surface area (Å²) in [4.78, 5) is 24.9. The van der Waals surface area contributed by atoms with E-state index in [-0.39, 0.29) is 11.9 Å². The van der Waals surface area contributed by atoms with Crippen molar-refractivity contribution in [3.8, 4) is 0 Å². The van der Waals surface area contributed by atoms with Crippen LogP contribution in [-0.2, 0) is 4.79 Å². The Morgan fingerprint density at radius 1 is 1.05 bits per heavy atom. The lowest BCUT2D eigenvalue weighted by Gasteiger charge is -2.28. The van der Waals surface area contributed by atoms with Crippen LogP contribution in [0.3, 0.4) is 0 Å². The Balaban J connectivity index is 1.87. The number of carbonyl (C=O) groups excluding carboxylic acids is 2. The summed E-state index contributed by atoms with van der Waals surface area (Å²) in [5.41, 5.74) is 3.68. The van der Waals surface area contributed by atoms with Crippen LogP contribution < -0.4 is 15.5 Å². The molecule has 0 atom stereocenters. The lowest BCUT2D eigenvalue weighted by atomic mass is 10.1. The van der Waals surface area contributed by atoms with Crippen LogP contribution in [0, 0.1) is 6.92 Å². The quantitative estimate of drug-likeness (QED) is 0.914. The largest absolute Gasteiger partial charge is 0.355 e. The van der Waals surface area contributed by atoms with E-state index in [4.69, 9.17) is 0 Å². The van der Waals surface area contributed by atoms with Gasteiger partial charge in [0.2, 0.25) is 5.91 Å². The van der Waals surface area contributed by atoms with Crippen LogP contribution in [0.15, 0.2) is 48.5 Å². The molecule has 3 amide bonds. The summed E-state index contributed by atoms with van der Waals surface area (Å²) < 4.78 is 0. The van der Waals surface area contributed by atoms with Gasteiger partial charge in [-0.3, -0.25) is 15.0 Å². The topological polar surface area (TPSA) is 61.4 Å². The van der Waals surface area contributed by atoms with Crippen molar-refractivity contribution in [3.05, 3.63) is 54.1 Å². The molecule has 5 heteroatoms. The number of nitrogens with zero attached hydrogens (tertiary/aromatic N) is 1. The molecule has 0 unspecified atom stereocenters. The van der Waals surface area contributed by atoms with Crippen molar-refractivity contribution in [3.63, 3.8) is 0 Å². The molecule has 0 radical (unpaired) electrons. The van der Waals surface area contributed by atoms with Gasteiger partial charge in [-0.05, 0) is 36.8 Å². The van der Waals surface area contributed by atoms with E-state index >= 15 is 0 Å². The second-order valence-electron chi connectivity index (χ2n) is 5.25. The molecule has 2 N–H and O–H groups in total. The maximum Gasteiger partial charge on any atom is 0.328 e. The zero-order valence-corrected chi connectivity index (χ0v) is 12.3. The zero-order chi connectivity index (χ0) is 15.5. The normalized spacial score (nSPS) is 14.7. The summed E-state index contributed by atoms with van der Waals surface area (Å²) in [6.45, 7) is 2.35. The highest BCUT2D eigenvalue weighted by molar-refractivity contribution is 6.06. The minimum Gasteiger partial charge on any atom is -0.355 e. The first-order chi connectivity index (χ1) is 10.6. The van der Waals surface area contributed by atoms with Crippen LogP contribution >= 0.6 is 0 Å². The van der Waals surface area contributed by atoms with E-state index < -0.39 is 0 Å². The van der Waals surface area contributed by atoms with Gasteiger partial charge in [0.25, 0.3) is 0 Å². The zero-order valence-electron chi connectivity index (χ0n) is 12.3. The van der Waals surface area contributed by atoms with E-state index in [2.05, 4.69) is 10.6 Å². The second kappa shape index (κ2) is 5.89. The average molecular weight is 295 g/mol. The molecule has 3 rings (SSSR count). The number of benzene rings is 2. The Bertz CT molecular complexity index is 713. The molecule has 5 nitrogen and oxygen atoms in total. The molecule has 22 heavy (non-hydrogen) atoms. The standard InChI is InChI=1S/C17H17N3O2/c1-12-7-8-14(18-13-5-3-2-4-6-13)11-15(12)20-10-9-16(21)19-17(20)22/h2-8,11,18H,9-10H2,1H3,(H,19,21,22). The summed E-state index contributed by atoms with van der Waals surface area (Å²) in [7, 11) is 0. The van der Waals surface area contributed by atoms with Crippen LogP contribution in [0.1, 0.15) is 12.0 Å². The summed E-state index contributed by atoms with van der Waals surface area (Å²) in [6.07, 6.45) is 0.321. The Kier molecular flexibility index (Phi) is 3.78. The molecule has 1 heterocycles. The number of urea groups is 1. The number of amides is 3. The number of hydrogen-bond donors (Lipinski definition) is 2. The van der Waals surface area contributed by atoms with Gasteiger partial charge in [-0.25, -0.2) is 4.79 Å². The van der Waals surface area contributed by atoms with E-state index in [0.717, 1.165) is 22.6 Å². The number of para-hydroxylation sites is 1. The summed E-state index contributed by atoms with van der Waals surface area (Å²) in [5.74, 6) is -0.225. The van der Waals surface area contributed by atoms with E-state index in [1.165, 1.54) is 0 Å². The van der Waals surface area contributed by atoms with Gasteiger partial charge in [0.1, 0.15) is 0 Å². The summed E-state index contributed by atoms with van der Waals surface area (Å²) >= 11 is 0. The molecule has 2 aromatic rings. The average Bonchev–Trinajstić information content (AvgIpc) is 2.51. The molecule has 1 aliphatic heterocycles. The molecule has 1 saturated heterocycles. The number of aryl methyl sites for hydroxylation is 1. The van der Waals surface area contributed by atoms with Crippen molar-refractivity contribution < 1.29 is 9.59 Å². The first-order valence-electron chi connectivity index (χ1n) is 7.17. The minimum absolute atomic E-state index is 0.225. The highest BCUT2D eigenvalue weighted by Crippen LogP contribution is 2.27. The summed E-state index contributed by atoms with van der Waals surface area (Å²) in [6, 6.07) is 15.3. The highest BCUT2D eigenvalue weighted by atomic mass is 16.2. The third-order valence-electron chi connectivity index (χ3n) is 3.62. The fraction of sp³-hybridized carbons (Fsp3) is 0.176. The second-order valence-corrected chi connectivity index (χ2v) is 5.25. The van der Waals surface area contributed by atoms with Crippen molar-refractivity contribution in [2.45, 2.75) is 13.3 Å². The number of hydrogen-bond acceptors (Lipinski definition) is 3. The van der Waals surface area contributed by atoms with Gasteiger partial charge < -0.3 is 5.32 Å². The lowest BCUT2D eigenvalue weighted by molar-refractivity contribution is -0.120. The molecule has 1 fully saturated rings. The van der Waals surface area contributed by atoms with Gasteiger partial charge in [0.15, 0.2) is 0 Å². The van der Waals surface area contributed by atoms with Crippen molar-refractivity contribution in [2.24, 2.45) is 0 Å².